The lowest BCUT2D eigenvalue weighted by molar-refractivity contribution is 0.0422. The van der Waals surface area contributed by atoms with Crippen LogP contribution in [0.5, 0.6) is 5.75 Å². The highest BCUT2D eigenvalue weighted by atomic mass is 32.1. The third-order valence-corrected chi connectivity index (χ3v) is 3.90. The minimum Gasteiger partial charge on any atom is -0.497 e. The Kier molecular flexibility index (Phi) is 4.98. The average molecular weight is 306 g/mol. The van der Waals surface area contributed by atoms with Crippen molar-refractivity contribution in [2.24, 2.45) is 0 Å². The molecule has 0 bridgehead atoms. The van der Waals surface area contributed by atoms with Gasteiger partial charge in [0.2, 0.25) is 0 Å². The first-order chi connectivity index (χ1) is 9.87. The summed E-state index contributed by atoms with van der Waals surface area (Å²) in [6.45, 7) is 4.96. The van der Waals surface area contributed by atoms with Gasteiger partial charge in [-0.2, -0.15) is 0 Å². The summed E-state index contributed by atoms with van der Waals surface area (Å²) in [5.74, 6) is 0.836. The Hall–Kier alpha value is -1.43. The quantitative estimate of drug-likeness (QED) is 0.891. The minimum absolute atomic E-state index is 0.610. The fraction of sp³-hybridized carbons (Fsp3) is 0.438. The third kappa shape index (κ3) is 4.81. The predicted octanol–water partition coefficient (Wildman–Crippen LogP) is 3.02. The van der Waals surface area contributed by atoms with Gasteiger partial charge < -0.3 is 9.84 Å². The molecule has 0 spiro atoms. The van der Waals surface area contributed by atoms with Crippen LogP contribution in [0.25, 0.3) is 10.6 Å². The van der Waals surface area contributed by atoms with E-state index < -0.39 is 5.60 Å². The lowest BCUT2D eigenvalue weighted by Crippen LogP contribution is -2.35. The number of rotatable bonds is 6. The second-order valence-corrected chi connectivity index (χ2v) is 6.72. The molecule has 1 aromatic carbocycles. The topological polar surface area (TPSA) is 45.6 Å². The Morgan fingerprint density at radius 2 is 2.14 bits per heavy atom. The van der Waals surface area contributed by atoms with Gasteiger partial charge in [-0.1, -0.05) is 12.1 Å². The van der Waals surface area contributed by atoms with Crippen molar-refractivity contribution in [1.29, 1.82) is 0 Å². The van der Waals surface area contributed by atoms with E-state index in [2.05, 4.69) is 15.3 Å². The molecule has 4 nitrogen and oxygen atoms in total. The number of aromatic nitrogens is 1. The number of methoxy groups -OCH3 is 1. The van der Waals surface area contributed by atoms with Crippen molar-refractivity contribution in [3.8, 4) is 16.3 Å². The average Bonchev–Trinajstić information content (AvgIpc) is 2.85. The van der Waals surface area contributed by atoms with Gasteiger partial charge in [0.15, 0.2) is 0 Å². The van der Waals surface area contributed by atoms with Crippen LogP contribution in [0.2, 0.25) is 0 Å². The standard InChI is InChI=1S/C16H22N2O2S/c1-16(2,19)11-18(3)9-13-10-21-15(17-13)12-6-5-7-14(8-12)20-4/h5-8,10,19H,9,11H2,1-4H3. The summed E-state index contributed by atoms with van der Waals surface area (Å²) in [5, 5.41) is 12.9. The van der Waals surface area contributed by atoms with Crippen LogP contribution in [0, 0.1) is 0 Å². The molecular formula is C16H22N2O2S. The maximum atomic E-state index is 9.83. The van der Waals surface area contributed by atoms with E-state index in [9.17, 15) is 5.11 Å². The smallest absolute Gasteiger partial charge is 0.123 e. The van der Waals surface area contributed by atoms with Crippen LogP contribution in [0.4, 0.5) is 0 Å². The molecule has 0 radical (unpaired) electrons. The number of nitrogens with zero attached hydrogens (tertiary/aromatic N) is 2. The van der Waals surface area contributed by atoms with Crippen LogP contribution >= 0.6 is 11.3 Å². The maximum absolute atomic E-state index is 9.83. The summed E-state index contributed by atoms with van der Waals surface area (Å²) in [5.41, 5.74) is 1.39. The summed E-state index contributed by atoms with van der Waals surface area (Å²) >= 11 is 1.63. The van der Waals surface area contributed by atoms with Crippen LogP contribution in [-0.2, 0) is 6.54 Å². The van der Waals surface area contributed by atoms with Crippen LogP contribution in [0.15, 0.2) is 29.6 Å². The summed E-state index contributed by atoms with van der Waals surface area (Å²) in [6, 6.07) is 7.92. The van der Waals surface area contributed by atoms with Crippen LogP contribution in [0.3, 0.4) is 0 Å². The normalized spacial score (nSPS) is 11.9. The zero-order chi connectivity index (χ0) is 15.5. The molecule has 2 aromatic rings. The van der Waals surface area contributed by atoms with E-state index in [0.717, 1.165) is 28.6 Å². The Morgan fingerprint density at radius 1 is 1.38 bits per heavy atom. The first kappa shape index (κ1) is 15.9. The van der Waals surface area contributed by atoms with Crippen molar-refractivity contribution in [2.45, 2.75) is 26.0 Å². The lowest BCUT2D eigenvalue weighted by atomic mass is 10.1. The zero-order valence-electron chi connectivity index (χ0n) is 13.0. The summed E-state index contributed by atoms with van der Waals surface area (Å²) in [7, 11) is 3.65. The molecule has 0 aliphatic heterocycles. The molecule has 0 aliphatic rings. The van der Waals surface area contributed by atoms with Crippen molar-refractivity contribution in [1.82, 2.24) is 9.88 Å². The molecule has 0 amide bonds. The van der Waals surface area contributed by atoms with E-state index in [0.29, 0.717) is 6.54 Å². The first-order valence-corrected chi connectivity index (χ1v) is 7.75. The molecule has 1 aromatic heterocycles. The van der Waals surface area contributed by atoms with Gasteiger partial charge >= 0.3 is 0 Å². The van der Waals surface area contributed by atoms with Crippen molar-refractivity contribution in [3.63, 3.8) is 0 Å². The fourth-order valence-corrected chi connectivity index (χ4v) is 3.07. The second kappa shape index (κ2) is 6.56. The molecule has 1 heterocycles. The van der Waals surface area contributed by atoms with Gasteiger partial charge in [-0.3, -0.25) is 4.90 Å². The minimum atomic E-state index is -0.694. The van der Waals surface area contributed by atoms with Crippen LogP contribution in [-0.4, -0.2) is 41.3 Å². The van der Waals surface area contributed by atoms with E-state index in [1.807, 2.05) is 45.2 Å². The molecule has 1 N–H and O–H groups in total. The van der Waals surface area contributed by atoms with Gasteiger partial charge in [0.1, 0.15) is 10.8 Å². The van der Waals surface area contributed by atoms with Gasteiger partial charge in [0.05, 0.1) is 18.4 Å². The largest absolute Gasteiger partial charge is 0.497 e. The Morgan fingerprint density at radius 3 is 2.81 bits per heavy atom. The monoisotopic (exact) mass is 306 g/mol. The van der Waals surface area contributed by atoms with Gasteiger partial charge in [-0.25, -0.2) is 4.98 Å². The molecule has 0 saturated carbocycles. The highest BCUT2D eigenvalue weighted by Crippen LogP contribution is 2.27. The summed E-state index contributed by atoms with van der Waals surface area (Å²) in [4.78, 5) is 6.74. The van der Waals surface area contributed by atoms with E-state index in [1.54, 1.807) is 18.4 Å². The number of aliphatic hydroxyl groups is 1. The van der Waals surface area contributed by atoms with Crippen LogP contribution in [0.1, 0.15) is 19.5 Å². The molecule has 0 unspecified atom stereocenters. The van der Waals surface area contributed by atoms with E-state index >= 15 is 0 Å². The van der Waals surface area contributed by atoms with Gasteiger partial charge in [-0.05, 0) is 33.0 Å². The van der Waals surface area contributed by atoms with Crippen molar-refractivity contribution in [3.05, 3.63) is 35.3 Å². The SMILES string of the molecule is COc1cccc(-c2nc(CN(C)CC(C)(C)O)cs2)c1. The van der Waals surface area contributed by atoms with Gasteiger partial charge in [-0.15, -0.1) is 11.3 Å². The Balaban J connectivity index is 2.07. The van der Waals surface area contributed by atoms with Crippen molar-refractivity contribution < 1.29 is 9.84 Å². The molecule has 21 heavy (non-hydrogen) atoms. The molecule has 0 aliphatic carbocycles. The molecule has 114 valence electrons. The zero-order valence-corrected chi connectivity index (χ0v) is 13.8. The first-order valence-electron chi connectivity index (χ1n) is 6.87. The second-order valence-electron chi connectivity index (χ2n) is 5.86. The fourth-order valence-electron chi connectivity index (χ4n) is 2.26. The lowest BCUT2D eigenvalue weighted by Gasteiger charge is -2.24. The molecule has 2 rings (SSSR count). The number of thiazole rings is 1. The summed E-state index contributed by atoms with van der Waals surface area (Å²) < 4.78 is 5.24. The number of hydrogen-bond donors (Lipinski definition) is 1. The molecule has 0 atom stereocenters. The molecule has 0 saturated heterocycles. The third-order valence-electron chi connectivity index (χ3n) is 2.96. The van der Waals surface area contributed by atoms with Crippen LogP contribution < -0.4 is 4.74 Å². The van der Waals surface area contributed by atoms with Gasteiger partial charge in [0.25, 0.3) is 0 Å². The number of hydrogen-bond acceptors (Lipinski definition) is 5. The molecule has 0 fully saturated rings. The number of ether oxygens (including phenoxy) is 1. The van der Waals surface area contributed by atoms with Gasteiger partial charge in [0, 0.05) is 24.0 Å². The van der Waals surface area contributed by atoms with Crippen molar-refractivity contribution >= 4 is 11.3 Å². The highest BCUT2D eigenvalue weighted by molar-refractivity contribution is 7.13. The number of benzene rings is 1. The maximum Gasteiger partial charge on any atom is 0.123 e. The Labute approximate surface area is 130 Å². The van der Waals surface area contributed by atoms with E-state index in [4.69, 9.17) is 4.74 Å². The predicted molar refractivity (Wildman–Crippen MR) is 86.7 cm³/mol. The highest BCUT2D eigenvalue weighted by Gasteiger charge is 2.16. The van der Waals surface area contributed by atoms with E-state index in [-0.39, 0.29) is 0 Å². The Bertz CT molecular complexity index is 590. The molecule has 5 heteroatoms. The van der Waals surface area contributed by atoms with E-state index in [1.165, 1.54) is 0 Å². The summed E-state index contributed by atoms with van der Waals surface area (Å²) in [6.07, 6.45) is 0. The molecular weight excluding hydrogens is 284 g/mol. The van der Waals surface area contributed by atoms with Crippen molar-refractivity contribution in [2.75, 3.05) is 20.7 Å². The number of likely N-dealkylation sites (N-methyl/N-ethyl adjacent to an activating group) is 1.